The van der Waals surface area contributed by atoms with E-state index in [9.17, 15) is 4.79 Å². The van der Waals surface area contributed by atoms with Crippen molar-refractivity contribution in [2.24, 2.45) is 5.92 Å². The molecule has 4 nitrogen and oxygen atoms in total. The van der Waals surface area contributed by atoms with Gasteiger partial charge in [-0.1, -0.05) is 0 Å². The molecule has 1 aliphatic rings. The van der Waals surface area contributed by atoms with E-state index in [1.165, 1.54) is 12.8 Å². The highest BCUT2D eigenvalue weighted by molar-refractivity contribution is 5.76. The average molecular weight is 223 g/mol. The molecule has 0 aromatic heterocycles. The van der Waals surface area contributed by atoms with Gasteiger partial charge >= 0.3 is 0 Å². The van der Waals surface area contributed by atoms with Crippen LogP contribution in [0.25, 0.3) is 0 Å². The first-order chi connectivity index (χ1) is 7.63. The van der Waals surface area contributed by atoms with Crippen molar-refractivity contribution in [3.8, 4) is 6.07 Å². The van der Waals surface area contributed by atoms with Gasteiger partial charge in [-0.25, -0.2) is 0 Å². The molecule has 0 heterocycles. The van der Waals surface area contributed by atoms with Gasteiger partial charge in [0.15, 0.2) is 0 Å². The lowest BCUT2D eigenvalue weighted by Gasteiger charge is -2.19. The molecular formula is C12H21N3O. The molecule has 0 N–H and O–H groups in total. The molecule has 90 valence electrons. The number of carbonyl (C=O) groups excluding carboxylic acids is 1. The van der Waals surface area contributed by atoms with Gasteiger partial charge in [0.25, 0.3) is 0 Å². The molecule has 1 aliphatic carbocycles. The lowest BCUT2D eigenvalue weighted by Crippen LogP contribution is -2.31. The largest absolute Gasteiger partial charge is 0.345 e. The molecule has 1 amide bonds. The maximum Gasteiger partial charge on any atom is 0.223 e. The van der Waals surface area contributed by atoms with Crippen molar-refractivity contribution in [2.75, 3.05) is 33.7 Å². The third-order valence-electron chi connectivity index (χ3n) is 2.96. The zero-order valence-corrected chi connectivity index (χ0v) is 10.3. The van der Waals surface area contributed by atoms with E-state index in [1.54, 1.807) is 11.9 Å². The van der Waals surface area contributed by atoms with Gasteiger partial charge in [0.2, 0.25) is 5.91 Å². The summed E-state index contributed by atoms with van der Waals surface area (Å²) in [5.41, 5.74) is 0. The molecule has 0 saturated heterocycles. The highest BCUT2D eigenvalue weighted by Gasteiger charge is 2.22. The first kappa shape index (κ1) is 13.0. The normalized spacial score (nSPS) is 14.9. The Morgan fingerprint density at radius 1 is 1.38 bits per heavy atom. The second-order valence-corrected chi connectivity index (χ2v) is 4.68. The Balaban J connectivity index is 2.10. The summed E-state index contributed by atoms with van der Waals surface area (Å²) < 4.78 is 0. The topological polar surface area (TPSA) is 47.3 Å². The van der Waals surface area contributed by atoms with Crippen molar-refractivity contribution < 1.29 is 4.79 Å². The van der Waals surface area contributed by atoms with Crippen LogP contribution in [0.3, 0.4) is 0 Å². The smallest absolute Gasteiger partial charge is 0.223 e. The standard InChI is InChI=1S/C12H21N3O/c1-14(10-11-4-5-11)9-6-12(16)15(2)8-3-7-13/h11H,3-6,8-10H2,1-2H3. The maximum atomic E-state index is 11.6. The van der Waals surface area contributed by atoms with Crippen LogP contribution in [0.5, 0.6) is 0 Å². The fourth-order valence-electron chi connectivity index (χ4n) is 1.65. The number of hydrogen-bond donors (Lipinski definition) is 0. The third-order valence-corrected chi connectivity index (χ3v) is 2.96. The number of nitrogens with zero attached hydrogens (tertiary/aromatic N) is 3. The van der Waals surface area contributed by atoms with Crippen LogP contribution in [-0.2, 0) is 4.79 Å². The van der Waals surface area contributed by atoms with Gasteiger partial charge in [-0.2, -0.15) is 5.26 Å². The lowest BCUT2D eigenvalue weighted by molar-refractivity contribution is -0.130. The average Bonchev–Trinajstić information content (AvgIpc) is 3.06. The molecular weight excluding hydrogens is 202 g/mol. The molecule has 1 rings (SSSR count). The maximum absolute atomic E-state index is 11.6. The molecule has 0 aromatic rings. The molecule has 0 unspecified atom stereocenters. The number of rotatable bonds is 7. The molecule has 0 spiro atoms. The summed E-state index contributed by atoms with van der Waals surface area (Å²) in [6.07, 6.45) is 3.67. The van der Waals surface area contributed by atoms with Crippen molar-refractivity contribution in [3.05, 3.63) is 0 Å². The Hall–Kier alpha value is -1.08. The van der Waals surface area contributed by atoms with Crippen molar-refractivity contribution >= 4 is 5.91 Å². The van der Waals surface area contributed by atoms with Crippen LogP contribution in [0.2, 0.25) is 0 Å². The number of amides is 1. The van der Waals surface area contributed by atoms with Crippen LogP contribution in [0.15, 0.2) is 0 Å². The second-order valence-electron chi connectivity index (χ2n) is 4.68. The Morgan fingerprint density at radius 2 is 2.06 bits per heavy atom. The van der Waals surface area contributed by atoms with Crippen molar-refractivity contribution in [2.45, 2.75) is 25.7 Å². The summed E-state index contributed by atoms with van der Waals surface area (Å²) in [5.74, 6) is 1.01. The number of nitriles is 1. The van der Waals surface area contributed by atoms with Gasteiger partial charge in [0.05, 0.1) is 12.5 Å². The number of hydrogen-bond acceptors (Lipinski definition) is 3. The monoisotopic (exact) mass is 223 g/mol. The Morgan fingerprint density at radius 3 is 2.62 bits per heavy atom. The summed E-state index contributed by atoms with van der Waals surface area (Å²) in [5, 5.41) is 8.42. The molecule has 0 aromatic carbocycles. The molecule has 0 aliphatic heterocycles. The predicted octanol–water partition coefficient (Wildman–Crippen LogP) is 1.09. The van der Waals surface area contributed by atoms with Crippen molar-refractivity contribution in [1.82, 2.24) is 9.80 Å². The molecule has 0 atom stereocenters. The van der Waals surface area contributed by atoms with Gasteiger partial charge < -0.3 is 9.80 Å². The minimum atomic E-state index is 0.137. The number of carbonyl (C=O) groups is 1. The highest BCUT2D eigenvalue weighted by atomic mass is 16.2. The molecule has 16 heavy (non-hydrogen) atoms. The molecule has 0 bridgehead atoms. The van der Waals surface area contributed by atoms with Gasteiger partial charge in [-0.3, -0.25) is 4.79 Å². The summed E-state index contributed by atoms with van der Waals surface area (Å²) in [6, 6.07) is 2.05. The van der Waals surface area contributed by atoms with Gasteiger partial charge in [-0.05, 0) is 25.8 Å². The second kappa shape index (κ2) is 6.49. The van der Waals surface area contributed by atoms with Gasteiger partial charge in [0, 0.05) is 33.1 Å². The van der Waals surface area contributed by atoms with Crippen LogP contribution in [0, 0.1) is 17.2 Å². The summed E-state index contributed by atoms with van der Waals surface area (Å²) in [6.45, 7) is 2.49. The Kier molecular flexibility index (Phi) is 5.27. The quantitative estimate of drug-likeness (QED) is 0.649. The molecule has 4 heteroatoms. The lowest BCUT2D eigenvalue weighted by atomic mass is 10.3. The summed E-state index contributed by atoms with van der Waals surface area (Å²) in [7, 11) is 3.83. The van der Waals surface area contributed by atoms with Crippen LogP contribution >= 0.6 is 0 Å². The summed E-state index contributed by atoms with van der Waals surface area (Å²) >= 11 is 0. The molecule has 0 radical (unpaired) electrons. The van der Waals surface area contributed by atoms with E-state index in [1.807, 2.05) is 6.07 Å². The van der Waals surface area contributed by atoms with Crippen LogP contribution in [0.4, 0.5) is 0 Å². The minimum absolute atomic E-state index is 0.137. The molecule has 1 fully saturated rings. The van der Waals surface area contributed by atoms with E-state index < -0.39 is 0 Å². The zero-order chi connectivity index (χ0) is 12.0. The van der Waals surface area contributed by atoms with Gasteiger partial charge in [0.1, 0.15) is 0 Å². The van der Waals surface area contributed by atoms with E-state index in [-0.39, 0.29) is 5.91 Å². The van der Waals surface area contributed by atoms with Crippen LogP contribution in [0.1, 0.15) is 25.7 Å². The Labute approximate surface area is 97.8 Å². The van der Waals surface area contributed by atoms with E-state index in [2.05, 4.69) is 11.9 Å². The van der Waals surface area contributed by atoms with Gasteiger partial charge in [-0.15, -0.1) is 0 Å². The first-order valence-corrected chi connectivity index (χ1v) is 5.93. The van der Waals surface area contributed by atoms with E-state index in [0.717, 1.165) is 19.0 Å². The third kappa shape index (κ3) is 5.13. The predicted molar refractivity (Wildman–Crippen MR) is 62.7 cm³/mol. The van der Waals surface area contributed by atoms with Crippen molar-refractivity contribution in [3.63, 3.8) is 0 Å². The van der Waals surface area contributed by atoms with Crippen LogP contribution in [-0.4, -0.2) is 49.4 Å². The summed E-state index contributed by atoms with van der Waals surface area (Å²) in [4.78, 5) is 15.5. The van der Waals surface area contributed by atoms with E-state index >= 15 is 0 Å². The zero-order valence-electron chi connectivity index (χ0n) is 10.3. The fourth-order valence-corrected chi connectivity index (χ4v) is 1.65. The Bertz CT molecular complexity index is 268. The van der Waals surface area contributed by atoms with E-state index in [4.69, 9.17) is 5.26 Å². The van der Waals surface area contributed by atoms with Crippen molar-refractivity contribution in [1.29, 1.82) is 5.26 Å². The highest BCUT2D eigenvalue weighted by Crippen LogP contribution is 2.29. The fraction of sp³-hybridized carbons (Fsp3) is 0.833. The van der Waals surface area contributed by atoms with Crippen LogP contribution < -0.4 is 0 Å². The molecule has 1 saturated carbocycles. The SMILES string of the molecule is CN(CCC(=O)N(C)CCC#N)CC1CC1. The first-order valence-electron chi connectivity index (χ1n) is 5.93. The van der Waals surface area contributed by atoms with E-state index in [0.29, 0.717) is 19.4 Å². The minimum Gasteiger partial charge on any atom is -0.345 e.